The van der Waals surface area contributed by atoms with Crippen molar-refractivity contribution in [3.05, 3.63) is 23.5 Å². The maximum Gasteiger partial charge on any atom is 0.310 e. The highest BCUT2D eigenvalue weighted by atomic mass is 16.5. The Kier molecular flexibility index (Phi) is 4.86. The number of ketones is 1. The van der Waals surface area contributed by atoms with Crippen LogP contribution >= 0.6 is 0 Å². The van der Waals surface area contributed by atoms with Gasteiger partial charge in [-0.2, -0.15) is 0 Å². The molecule has 6 heteroatoms. The lowest BCUT2D eigenvalue weighted by Crippen LogP contribution is -2.34. The molecule has 1 N–H and O–H groups in total. The van der Waals surface area contributed by atoms with Gasteiger partial charge < -0.3 is 14.6 Å². The molecule has 104 valence electrons. The number of carbonyl (C=O) groups excluding carboxylic acids is 3. The fourth-order valence-corrected chi connectivity index (χ4v) is 1.70. The van der Waals surface area contributed by atoms with Gasteiger partial charge in [0.05, 0.1) is 13.0 Å². The number of amides is 1. The van der Waals surface area contributed by atoms with E-state index < -0.39 is 5.92 Å². The predicted molar refractivity (Wildman–Crippen MR) is 68.9 cm³/mol. The molecule has 0 fully saturated rings. The number of Topliss-reactive ketones (excluding diaryl/α,β-unsaturated/α-hetero) is 1. The number of nitrogens with zero attached hydrogens (tertiary/aromatic N) is 1. The fourth-order valence-electron chi connectivity index (χ4n) is 1.70. The Labute approximate surface area is 111 Å². The first-order chi connectivity index (χ1) is 8.86. The third-order valence-electron chi connectivity index (χ3n) is 2.82. The van der Waals surface area contributed by atoms with Crippen LogP contribution in [0, 0.1) is 5.92 Å². The van der Waals surface area contributed by atoms with E-state index in [1.165, 1.54) is 31.2 Å². The second-order valence-electron chi connectivity index (χ2n) is 4.47. The van der Waals surface area contributed by atoms with Crippen LogP contribution in [-0.2, 0) is 9.53 Å². The molecule has 0 bridgehead atoms. The molecule has 0 aliphatic heterocycles. The number of H-pyrrole nitrogens is 1. The van der Waals surface area contributed by atoms with Crippen LogP contribution in [0.1, 0.15) is 34.7 Å². The van der Waals surface area contributed by atoms with E-state index >= 15 is 0 Å². The molecule has 1 amide bonds. The minimum absolute atomic E-state index is 0.110. The van der Waals surface area contributed by atoms with Crippen LogP contribution in [0.4, 0.5) is 0 Å². The summed E-state index contributed by atoms with van der Waals surface area (Å²) in [6, 6.07) is 1.50. The molecule has 1 heterocycles. The zero-order valence-corrected chi connectivity index (χ0v) is 11.5. The third-order valence-corrected chi connectivity index (χ3v) is 2.82. The van der Waals surface area contributed by atoms with Crippen LogP contribution in [0.25, 0.3) is 0 Å². The van der Waals surface area contributed by atoms with Crippen molar-refractivity contribution >= 4 is 17.7 Å². The van der Waals surface area contributed by atoms with Crippen molar-refractivity contribution in [2.45, 2.75) is 13.8 Å². The van der Waals surface area contributed by atoms with Gasteiger partial charge in [0.25, 0.3) is 5.91 Å². The highest BCUT2D eigenvalue weighted by Gasteiger charge is 2.20. The molecule has 1 aromatic rings. The molecule has 0 aromatic carbocycles. The van der Waals surface area contributed by atoms with Crippen LogP contribution in [-0.4, -0.2) is 48.2 Å². The number of hydrogen-bond acceptors (Lipinski definition) is 4. The van der Waals surface area contributed by atoms with Gasteiger partial charge in [0.15, 0.2) is 5.78 Å². The van der Waals surface area contributed by atoms with E-state index in [4.69, 9.17) is 0 Å². The summed E-state index contributed by atoms with van der Waals surface area (Å²) in [5.41, 5.74) is 0.780. The van der Waals surface area contributed by atoms with Crippen molar-refractivity contribution in [1.29, 1.82) is 0 Å². The van der Waals surface area contributed by atoms with Crippen molar-refractivity contribution in [1.82, 2.24) is 9.88 Å². The van der Waals surface area contributed by atoms with Crippen molar-refractivity contribution < 1.29 is 19.1 Å². The minimum atomic E-state index is -0.402. The largest absolute Gasteiger partial charge is 0.469 e. The number of ether oxygens (including phenoxy) is 1. The number of esters is 1. The topological polar surface area (TPSA) is 79.5 Å². The van der Waals surface area contributed by atoms with Crippen LogP contribution in [0.2, 0.25) is 0 Å². The second-order valence-corrected chi connectivity index (χ2v) is 4.47. The van der Waals surface area contributed by atoms with Crippen LogP contribution < -0.4 is 0 Å². The highest BCUT2D eigenvalue weighted by Crippen LogP contribution is 2.09. The van der Waals surface area contributed by atoms with E-state index in [0.29, 0.717) is 11.3 Å². The summed E-state index contributed by atoms with van der Waals surface area (Å²) in [6.07, 6.45) is 1.49. The Morgan fingerprint density at radius 3 is 2.53 bits per heavy atom. The molecular formula is C13H18N2O4. The Balaban J connectivity index is 2.71. The van der Waals surface area contributed by atoms with E-state index in [1.54, 1.807) is 14.0 Å². The molecule has 19 heavy (non-hydrogen) atoms. The standard InChI is InChI=1S/C13H18N2O4/c1-8(13(18)19-4)7-15(3)12(17)11-5-10(6-14-11)9(2)16/h5-6,8,14H,7H2,1-4H3/t8-/m1/s1. The summed E-state index contributed by atoms with van der Waals surface area (Å²) in [5.74, 6) is -1.15. The molecule has 0 saturated heterocycles. The molecule has 0 aliphatic rings. The van der Waals surface area contributed by atoms with Gasteiger partial charge in [0.2, 0.25) is 0 Å². The zero-order chi connectivity index (χ0) is 14.6. The summed E-state index contributed by atoms with van der Waals surface area (Å²) in [6.45, 7) is 3.37. The lowest BCUT2D eigenvalue weighted by Gasteiger charge is -2.19. The Morgan fingerprint density at radius 1 is 1.42 bits per heavy atom. The number of hydrogen-bond donors (Lipinski definition) is 1. The SMILES string of the molecule is COC(=O)[C@H](C)CN(C)C(=O)c1cc(C(C)=O)c[nH]1. The molecule has 0 spiro atoms. The number of nitrogens with one attached hydrogen (secondary N) is 1. The highest BCUT2D eigenvalue weighted by molar-refractivity contribution is 5.99. The van der Waals surface area contributed by atoms with Crippen molar-refractivity contribution in [3.63, 3.8) is 0 Å². The van der Waals surface area contributed by atoms with Crippen LogP contribution in [0.15, 0.2) is 12.3 Å². The van der Waals surface area contributed by atoms with E-state index in [-0.39, 0.29) is 24.2 Å². The normalized spacial score (nSPS) is 11.8. The first-order valence-corrected chi connectivity index (χ1v) is 5.89. The lowest BCUT2D eigenvalue weighted by molar-refractivity contribution is -0.145. The third kappa shape index (κ3) is 3.67. The van der Waals surface area contributed by atoms with Gasteiger partial charge in [-0.15, -0.1) is 0 Å². The van der Waals surface area contributed by atoms with Gasteiger partial charge in [-0.05, 0) is 13.0 Å². The average Bonchev–Trinajstić information content (AvgIpc) is 2.86. The number of rotatable bonds is 5. The number of aromatic nitrogens is 1. The molecule has 0 unspecified atom stereocenters. The first-order valence-electron chi connectivity index (χ1n) is 5.89. The molecule has 0 saturated carbocycles. The number of carbonyl (C=O) groups is 3. The van der Waals surface area contributed by atoms with Gasteiger partial charge in [-0.1, -0.05) is 6.92 Å². The van der Waals surface area contributed by atoms with Gasteiger partial charge in [-0.25, -0.2) is 0 Å². The molecule has 1 aromatic heterocycles. The zero-order valence-electron chi connectivity index (χ0n) is 11.5. The first kappa shape index (κ1) is 14.9. The van der Waals surface area contributed by atoms with Crippen LogP contribution in [0.5, 0.6) is 0 Å². The van der Waals surface area contributed by atoms with Crippen molar-refractivity contribution in [2.75, 3.05) is 20.7 Å². The van der Waals surface area contributed by atoms with Crippen LogP contribution in [0.3, 0.4) is 0 Å². The van der Waals surface area contributed by atoms with E-state index in [2.05, 4.69) is 9.72 Å². The molecule has 1 atom stereocenters. The van der Waals surface area contributed by atoms with Gasteiger partial charge in [-0.3, -0.25) is 14.4 Å². The summed E-state index contributed by atoms with van der Waals surface area (Å²) < 4.78 is 4.60. The monoisotopic (exact) mass is 266 g/mol. The van der Waals surface area contributed by atoms with Gasteiger partial charge in [0.1, 0.15) is 5.69 Å². The van der Waals surface area contributed by atoms with E-state index in [9.17, 15) is 14.4 Å². The quantitative estimate of drug-likeness (QED) is 0.639. The average molecular weight is 266 g/mol. The molecule has 0 aliphatic carbocycles. The molecule has 1 rings (SSSR count). The molecule has 6 nitrogen and oxygen atoms in total. The van der Waals surface area contributed by atoms with E-state index in [0.717, 1.165) is 0 Å². The van der Waals surface area contributed by atoms with Crippen molar-refractivity contribution in [2.24, 2.45) is 5.92 Å². The summed E-state index contributed by atoms with van der Waals surface area (Å²) in [5, 5.41) is 0. The maximum atomic E-state index is 12.1. The molecular weight excluding hydrogens is 248 g/mol. The second kappa shape index (κ2) is 6.17. The Hall–Kier alpha value is -2.11. The lowest BCUT2D eigenvalue weighted by atomic mass is 10.1. The number of methoxy groups -OCH3 is 1. The summed E-state index contributed by atoms with van der Waals surface area (Å²) in [4.78, 5) is 38.7. The van der Waals surface area contributed by atoms with Gasteiger partial charge in [0, 0.05) is 25.4 Å². The predicted octanol–water partition coefficient (Wildman–Crippen LogP) is 1.10. The fraction of sp³-hybridized carbons (Fsp3) is 0.462. The van der Waals surface area contributed by atoms with Crippen molar-refractivity contribution in [3.8, 4) is 0 Å². The Morgan fingerprint density at radius 2 is 2.05 bits per heavy atom. The van der Waals surface area contributed by atoms with E-state index in [1.807, 2.05) is 0 Å². The van der Waals surface area contributed by atoms with Gasteiger partial charge >= 0.3 is 5.97 Å². The summed E-state index contributed by atoms with van der Waals surface area (Å²) >= 11 is 0. The summed E-state index contributed by atoms with van der Waals surface area (Å²) in [7, 11) is 2.90. The molecule has 0 radical (unpaired) electrons. The minimum Gasteiger partial charge on any atom is -0.469 e. The number of aromatic amines is 1. The Bertz CT molecular complexity index is 493. The smallest absolute Gasteiger partial charge is 0.310 e. The maximum absolute atomic E-state index is 12.1.